The summed E-state index contributed by atoms with van der Waals surface area (Å²) in [5.74, 6) is 0.278. The lowest BCUT2D eigenvalue weighted by molar-refractivity contribution is -0.168. The molecule has 0 fully saturated rings. The van der Waals surface area contributed by atoms with Gasteiger partial charge < -0.3 is 24.7 Å². The molecule has 1 aromatic rings. The highest BCUT2D eigenvalue weighted by Gasteiger charge is 2.29. The second-order valence-corrected chi connectivity index (χ2v) is 4.62. The summed E-state index contributed by atoms with van der Waals surface area (Å²) in [5, 5.41) is 0. The summed E-state index contributed by atoms with van der Waals surface area (Å²) in [6, 6.07) is 7.01. The molecule has 21 heavy (non-hydrogen) atoms. The van der Waals surface area contributed by atoms with Crippen molar-refractivity contribution < 1.29 is 23.7 Å². The number of esters is 1. The zero-order valence-corrected chi connectivity index (χ0v) is 12.0. The lowest BCUT2D eigenvalue weighted by Crippen LogP contribution is -2.41. The molecular weight excluding hydrogens is 274 g/mol. The summed E-state index contributed by atoms with van der Waals surface area (Å²) in [4.78, 5) is 10.9. The van der Waals surface area contributed by atoms with E-state index in [-0.39, 0.29) is 18.7 Å². The van der Waals surface area contributed by atoms with Gasteiger partial charge in [0.15, 0.2) is 0 Å². The van der Waals surface area contributed by atoms with Crippen molar-refractivity contribution in [2.24, 2.45) is 0 Å². The van der Waals surface area contributed by atoms with Gasteiger partial charge in [0.25, 0.3) is 0 Å². The third-order valence-electron chi connectivity index (χ3n) is 2.99. The lowest BCUT2D eigenvalue weighted by atomic mass is 10.1. The normalized spacial score (nSPS) is 24.6. The van der Waals surface area contributed by atoms with Gasteiger partial charge >= 0.3 is 5.97 Å². The van der Waals surface area contributed by atoms with E-state index >= 15 is 0 Å². The summed E-state index contributed by atoms with van der Waals surface area (Å²) in [6.45, 7) is 1.46. The van der Waals surface area contributed by atoms with Crippen molar-refractivity contribution in [1.82, 2.24) is 0 Å². The number of nitrogens with two attached hydrogens (primary N) is 1. The van der Waals surface area contributed by atoms with Crippen molar-refractivity contribution in [3.63, 3.8) is 0 Å². The van der Waals surface area contributed by atoms with Crippen LogP contribution in [0, 0.1) is 0 Å². The molecule has 0 saturated heterocycles. The highest BCUT2D eigenvalue weighted by molar-refractivity contribution is 5.65. The Morgan fingerprint density at radius 3 is 2.62 bits per heavy atom. The molecule has 0 aliphatic carbocycles. The Kier molecular flexibility index (Phi) is 5.19. The third-order valence-corrected chi connectivity index (χ3v) is 2.99. The average molecular weight is 293 g/mol. The van der Waals surface area contributed by atoms with Crippen molar-refractivity contribution in [1.29, 1.82) is 0 Å². The van der Waals surface area contributed by atoms with Crippen LogP contribution in [0.4, 0.5) is 5.69 Å². The average Bonchev–Trinajstić information content (AvgIpc) is 2.47. The van der Waals surface area contributed by atoms with E-state index in [1.165, 1.54) is 6.92 Å². The molecule has 2 rings (SSSR count). The standard InChI is InChI=1S/C15H19NO5/c1-10(17)19-9-14-13(18-2)7-8-15(21-14)20-12-5-3-11(16)4-6-12/h3-8,13-15H,9,16H2,1-2H3/t13-,14?,15-/m0/s1. The number of hydrogen-bond donors (Lipinski definition) is 1. The zero-order valence-electron chi connectivity index (χ0n) is 12.0. The first-order chi connectivity index (χ1) is 10.1. The molecule has 1 unspecified atom stereocenters. The van der Waals surface area contributed by atoms with E-state index in [1.54, 1.807) is 37.5 Å². The molecule has 0 radical (unpaired) electrons. The SMILES string of the molecule is CO[C@H]1C=C[C@@H](Oc2ccc(N)cc2)OC1COC(C)=O. The zero-order chi connectivity index (χ0) is 15.2. The maximum atomic E-state index is 10.9. The number of carbonyl (C=O) groups excluding carboxylic acids is 1. The van der Waals surface area contributed by atoms with Crippen LogP contribution in [0.1, 0.15) is 6.92 Å². The van der Waals surface area contributed by atoms with Crippen LogP contribution in [0.15, 0.2) is 36.4 Å². The summed E-state index contributed by atoms with van der Waals surface area (Å²) in [5.41, 5.74) is 6.28. The van der Waals surface area contributed by atoms with Crippen LogP contribution in [0.5, 0.6) is 5.75 Å². The van der Waals surface area contributed by atoms with Crippen LogP contribution in [0.2, 0.25) is 0 Å². The summed E-state index contributed by atoms with van der Waals surface area (Å²) < 4.78 is 21.7. The lowest BCUT2D eigenvalue weighted by Gasteiger charge is -2.31. The number of methoxy groups -OCH3 is 1. The molecule has 114 valence electrons. The third kappa shape index (κ3) is 4.47. The van der Waals surface area contributed by atoms with Crippen molar-refractivity contribution in [3.8, 4) is 5.75 Å². The molecular formula is C15H19NO5. The fourth-order valence-electron chi connectivity index (χ4n) is 1.93. The van der Waals surface area contributed by atoms with E-state index in [0.717, 1.165) is 0 Å². The van der Waals surface area contributed by atoms with Crippen molar-refractivity contribution in [2.75, 3.05) is 19.5 Å². The van der Waals surface area contributed by atoms with Crippen LogP contribution in [-0.2, 0) is 19.0 Å². The summed E-state index contributed by atoms with van der Waals surface area (Å²) in [7, 11) is 1.57. The van der Waals surface area contributed by atoms with Gasteiger partial charge in [-0.3, -0.25) is 4.79 Å². The maximum absolute atomic E-state index is 10.9. The van der Waals surface area contributed by atoms with E-state index in [9.17, 15) is 4.79 Å². The molecule has 6 nitrogen and oxygen atoms in total. The Morgan fingerprint density at radius 2 is 2.00 bits per heavy atom. The van der Waals surface area contributed by atoms with E-state index < -0.39 is 12.4 Å². The van der Waals surface area contributed by atoms with Gasteiger partial charge in [0.2, 0.25) is 6.29 Å². The molecule has 1 aliphatic rings. The largest absolute Gasteiger partial charge is 0.463 e. The number of ether oxygens (including phenoxy) is 4. The quantitative estimate of drug-likeness (QED) is 0.503. The van der Waals surface area contributed by atoms with Crippen molar-refractivity contribution in [3.05, 3.63) is 36.4 Å². The Balaban J connectivity index is 1.98. The monoisotopic (exact) mass is 293 g/mol. The van der Waals surface area contributed by atoms with E-state index in [0.29, 0.717) is 11.4 Å². The Bertz CT molecular complexity index is 499. The number of benzene rings is 1. The first-order valence-electron chi connectivity index (χ1n) is 6.60. The number of carbonyl (C=O) groups is 1. The number of hydrogen-bond acceptors (Lipinski definition) is 6. The van der Waals surface area contributed by atoms with Gasteiger partial charge in [-0.2, -0.15) is 0 Å². The highest BCUT2D eigenvalue weighted by Crippen LogP contribution is 2.21. The molecule has 0 saturated carbocycles. The van der Waals surface area contributed by atoms with Gasteiger partial charge in [-0.25, -0.2) is 0 Å². The van der Waals surface area contributed by atoms with Crippen LogP contribution in [0.3, 0.4) is 0 Å². The smallest absolute Gasteiger partial charge is 0.302 e. The molecule has 1 heterocycles. The fraction of sp³-hybridized carbons (Fsp3) is 0.400. The first kappa shape index (κ1) is 15.3. The second kappa shape index (κ2) is 7.10. The molecule has 2 N–H and O–H groups in total. The Labute approximate surface area is 123 Å². The topological polar surface area (TPSA) is 80.0 Å². The second-order valence-electron chi connectivity index (χ2n) is 4.62. The maximum Gasteiger partial charge on any atom is 0.302 e. The van der Waals surface area contributed by atoms with E-state index in [1.807, 2.05) is 6.08 Å². The van der Waals surface area contributed by atoms with E-state index in [2.05, 4.69) is 0 Å². The van der Waals surface area contributed by atoms with Crippen LogP contribution >= 0.6 is 0 Å². The van der Waals surface area contributed by atoms with Gasteiger partial charge in [-0.15, -0.1) is 0 Å². The molecule has 3 atom stereocenters. The number of rotatable bonds is 5. The van der Waals surface area contributed by atoms with Crippen LogP contribution in [-0.4, -0.2) is 38.2 Å². The number of nitrogen functional groups attached to an aromatic ring is 1. The summed E-state index contributed by atoms with van der Waals surface area (Å²) in [6.07, 6.45) is 2.33. The molecule has 1 aromatic carbocycles. The van der Waals surface area contributed by atoms with Crippen LogP contribution < -0.4 is 10.5 Å². The molecule has 0 aromatic heterocycles. The minimum absolute atomic E-state index is 0.111. The van der Waals surface area contributed by atoms with Crippen molar-refractivity contribution >= 4 is 11.7 Å². The molecule has 0 spiro atoms. The minimum atomic E-state index is -0.569. The van der Waals surface area contributed by atoms with Gasteiger partial charge in [-0.1, -0.05) is 6.08 Å². The molecule has 0 bridgehead atoms. The van der Waals surface area contributed by atoms with Gasteiger partial charge in [0.05, 0.1) is 0 Å². The fourth-order valence-corrected chi connectivity index (χ4v) is 1.93. The Morgan fingerprint density at radius 1 is 1.29 bits per heavy atom. The van der Waals surface area contributed by atoms with Crippen LogP contribution in [0.25, 0.3) is 0 Å². The number of anilines is 1. The van der Waals surface area contributed by atoms with Gasteiger partial charge in [-0.05, 0) is 30.3 Å². The summed E-state index contributed by atoms with van der Waals surface area (Å²) >= 11 is 0. The van der Waals surface area contributed by atoms with E-state index in [4.69, 9.17) is 24.7 Å². The predicted octanol–water partition coefficient (Wildman–Crippen LogP) is 1.51. The predicted molar refractivity (Wildman–Crippen MR) is 76.7 cm³/mol. The molecule has 0 amide bonds. The Hall–Kier alpha value is -2.05. The van der Waals surface area contributed by atoms with Gasteiger partial charge in [0, 0.05) is 19.7 Å². The molecule has 1 aliphatic heterocycles. The highest BCUT2D eigenvalue weighted by atomic mass is 16.7. The van der Waals surface area contributed by atoms with Crippen molar-refractivity contribution in [2.45, 2.75) is 25.4 Å². The minimum Gasteiger partial charge on any atom is -0.463 e. The first-order valence-corrected chi connectivity index (χ1v) is 6.60. The molecule has 6 heteroatoms. The van der Waals surface area contributed by atoms with Gasteiger partial charge in [0.1, 0.15) is 24.6 Å².